The standard InChI is InChI=1S/C9H11NO2.CH3NO2/c1-10(2)9(11)12-8-6-4-3-5-7-8;2-1(3)4/h3-7H,1-2H3;2H2,(H,3,4). The third-order valence-electron chi connectivity index (χ3n) is 1.31. The number of hydrogen-bond donors (Lipinski definition) is 2. The molecule has 0 atom stereocenters. The Morgan fingerprint density at radius 2 is 1.69 bits per heavy atom. The predicted molar refractivity (Wildman–Crippen MR) is 58.4 cm³/mol. The number of carboxylic acid groups (broad SMARTS) is 1. The van der Waals surface area contributed by atoms with Gasteiger partial charge in [-0.1, -0.05) is 18.2 Å². The highest BCUT2D eigenvalue weighted by Gasteiger charge is 2.04. The topological polar surface area (TPSA) is 92.9 Å². The van der Waals surface area contributed by atoms with Crippen LogP contribution < -0.4 is 10.5 Å². The minimum atomic E-state index is -1.33. The molecule has 0 fully saturated rings. The second-order valence-corrected chi connectivity index (χ2v) is 2.91. The van der Waals surface area contributed by atoms with E-state index < -0.39 is 6.09 Å². The summed E-state index contributed by atoms with van der Waals surface area (Å²) in [4.78, 5) is 21.2. The SMILES string of the molecule is CN(C)C(=O)Oc1ccccc1.NC(=O)O. The Morgan fingerprint density at radius 3 is 2.06 bits per heavy atom. The molecule has 0 radical (unpaired) electrons. The highest BCUT2D eigenvalue weighted by Crippen LogP contribution is 2.08. The van der Waals surface area contributed by atoms with Crippen LogP contribution in [0.15, 0.2) is 30.3 Å². The third kappa shape index (κ3) is 7.19. The fraction of sp³-hybridized carbons (Fsp3) is 0.200. The molecule has 0 bridgehead atoms. The highest BCUT2D eigenvalue weighted by atomic mass is 16.6. The van der Waals surface area contributed by atoms with Crippen LogP contribution in [-0.4, -0.2) is 36.3 Å². The lowest BCUT2D eigenvalue weighted by Gasteiger charge is -2.09. The lowest BCUT2D eigenvalue weighted by molar-refractivity contribution is 0.172. The van der Waals surface area contributed by atoms with Gasteiger partial charge in [-0.25, -0.2) is 9.59 Å². The van der Waals surface area contributed by atoms with Crippen molar-refractivity contribution < 1.29 is 19.4 Å². The van der Waals surface area contributed by atoms with Gasteiger partial charge in [0, 0.05) is 14.1 Å². The number of hydrogen-bond acceptors (Lipinski definition) is 3. The first-order valence-electron chi connectivity index (χ1n) is 4.36. The Labute approximate surface area is 93.2 Å². The van der Waals surface area contributed by atoms with Crippen LogP contribution in [0.3, 0.4) is 0 Å². The lowest BCUT2D eigenvalue weighted by atomic mass is 10.3. The molecule has 0 aliphatic heterocycles. The molecule has 0 heterocycles. The maximum Gasteiger partial charge on any atom is 0.414 e. The van der Waals surface area contributed by atoms with Gasteiger partial charge in [-0.3, -0.25) is 0 Å². The number of nitrogens with zero attached hydrogens (tertiary/aromatic N) is 1. The van der Waals surface area contributed by atoms with Crippen LogP contribution in [0.25, 0.3) is 0 Å². The second-order valence-electron chi connectivity index (χ2n) is 2.91. The van der Waals surface area contributed by atoms with E-state index in [1.807, 2.05) is 18.2 Å². The van der Waals surface area contributed by atoms with E-state index in [0.717, 1.165) is 0 Å². The van der Waals surface area contributed by atoms with Crippen LogP contribution in [0.1, 0.15) is 0 Å². The monoisotopic (exact) mass is 226 g/mol. The molecule has 1 aromatic rings. The van der Waals surface area contributed by atoms with Crippen molar-refractivity contribution in [2.75, 3.05) is 14.1 Å². The Balaban J connectivity index is 0.000000487. The summed E-state index contributed by atoms with van der Waals surface area (Å²) >= 11 is 0. The Bertz CT molecular complexity index is 334. The van der Waals surface area contributed by atoms with E-state index >= 15 is 0 Å². The fourth-order valence-corrected chi connectivity index (χ4v) is 0.681. The summed E-state index contributed by atoms with van der Waals surface area (Å²) in [5.74, 6) is 0.566. The summed E-state index contributed by atoms with van der Waals surface area (Å²) in [6.45, 7) is 0. The van der Waals surface area contributed by atoms with Gasteiger partial charge in [-0.05, 0) is 12.1 Å². The molecular weight excluding hydrogens is 212 g/mol. The molecule has 0 aliphatic rings. The first-order valence-corrected chi connectivity index (χ1v) is 4.36. The maximum absolute atomic E-state index is 11.0. The van der Waals surface area contributed by atoms with Crippen LogP contribution in [0, 0.1) is 0 Å². The smallest absolute Gasteiger partial charge is 0.414 e. The fourth-order valence-electron chi connectivity index (χ4n) is 0.681. The van der Waals surface area contributed by atoms with E-state index in [2.05, 4.69) is 5.73 Å². The third-order valence-corrected chi connectivity index (χ3v) is 1.31. The molecule has 1 aromatic carbocycles. The summed E-state index contributed by atoms with van der Waals surface area (Å²) in [6.07, 6.45) is -1.69. The minimum Gasteiger partial charge on any atom is -0.465 e. The average molecular weight is 226 g/mol. The van der Waals surface area contributed by atoms with Crippen LogP contribution in [0.4, 0.5) is 9.59 Å². The minimum absolute atomic E-state index is 0.360. The summed E-state index contributed by atoms with van der Waals surface area (Å²) in [6, 6.07) is 8.98. The van der Waals surface area contributed by atoms with E-state index in [0.29, 0.717) is 5.75 Å². The Hall–Kier alpha value is -2.24. The van der Waals surface area contributed by atoms with Crippen molar-refractivity contribution in [3.05, 3.63) is 30.3 Å². The maximum atomic E-state index is 11.0. The van der Waals surface area contributed by atoms with Gasteiger partial charge in [0.05, 0.1) is 0 Å². The summed E-state index contributed by atoms with van der Waals surface area (Å²) in [5.41, 5.74) is 4.03. The quantitative estimate of drug-likeness (QED) is 0.756. The molecule has 0 unspecified atom stereocenters. The molecule has 0 aromatic heterocycles. The van der Waals surface area contributed by atoms with Crippen molar-refractivity contribution in [1.29, 1.82) is 0 Å². The van der Waals surface area contributed by atoms with Crippen molar-refractivity contribution >= 4 is 12.2 Å². The number of ether oxygens (including phenoxy) is 1. The predicted octanol–water partition coefficient (Wildman–Crippen LogP) is 1.37. The van der Waals surface area contributed by atoms with Crippen molar-refractivity contribution in [3.8, 4) is 5.75 Å². The van der Waals surface area contributed by atoms with Gasteiger partial charge in [0.1, 0.15) is 5.75 Å². The first kappa shape index (κ1) is 13.8. The first-order chi connectivity index (χ1) is 7.43. The number of rotatable bonds is 1. The van der Waals surface area contributed by atoms with Gasteiger partial charge in [0.15, 0.2) is 0 Å². The molecule has 3 N–H and O–H groups in total. The van der Waals surface area contributed by atoms with Gasteiger partial charge in [0.2, 0.25) is 0 Å². The van der Waals surface area contributed by atoms with Crippen molar-refractivity contribution in [2.24, 2.45) is 5.73 Å². The summed E-state index contributed by atoms with van der Waals surface area (Å²) in [5, 5.41) is 7.19. The van der Waals surface area contributed by atoms with E-state index in [9.17, 15) is 4.79 Å². The summed E-state index contributed by atoms with van der Waals surface area (Å²) < 4.78 is 4.96. The zero-order chi connectivity index (χ0) is 12.6. The van der Waals surface area contributed by atoms with Gasteiger partial charge in [-0.15, -0.1) is 0 Å². The van der Waals surface area contributed by atoms with Crippen molar-refractivity contribution in [3.63, 3.8) is 0 Å². The largest absolute Gasteiger partial charge is 0.465 e. The molecule has 1 rings (SSSR count). The molecule has 0 spiro atoms. The van der Waals surface area contributed by atoms with Crippen LogP contribution in [0.2, 0.25) is 0 Å². The summed E-state index contributed by atoms with van der Waals surface area (Å²) in [7, 11) is 3.29. The number of nitrogens with two attached hydrogens (primary N) is 1. The van der Waals surface area contributed by atoms with Gasteiger partial charge < -0.3 is 20.5 Å². The zero-order valence-electron chi connectivity index (χ0n) is 9.08. The van der Waals surface area contributed by atoms with Gasteiger partial charge in [0.25, 0.3) is 0 Å². The Kier molecular flexibility index (Phi) is 6.11. The van der Waals surface area contributed by atoms with E-state index in [1.165, 1.54) is 4.90 Å². The highest BCUT2D eigenvalue weighted by molar-refractivity contribution is 5.69. The second kappa shape index (κ2) is 7.10. The molecule has 16 heavy (non-hydrogen) atoms. The molecular formula is C10H14N2O4. The van der Waals surface area contributed by atoms with E-state index in [4.69, 9.17) is 14.6 Å². The number of carbonyl (C=O) groups excluding carboxylic acids is 1. The molecule has 6 heteroatoms. The van der Waals surface area contributed by atoms with Crippen LogP contribution >= 0.6 is 0 Å². The van der Waals surface area contributed by atoms with Crippen LogP contribution in [0.5, 0.6) is 5.75 Å². The van der Waals surface area contributed by atoms with E-state index in [-0.39, 0.29) is 6.09 Å². The van der Waals surface area contributed by atoms with Gasteiger partial charge >= 0.3 is 12.2 Å². The van der Waals surface area contributed by atoms with Gasteiger partial charge in [-0.2, -0.15) is 0 Å². The number of benzene rings is 1. The Morgan fingerprint density at radius 1 is 1.25 bits per heavy atom. The zero-order valence-corrected chi connectivity index (χ0v) is 9.08. The van der Waals surface area contributed by atoms with Crippen LogP contribution in [-0.2, 0) is 0 Å². The molecule has 0 aliphatic carbocycles. The number of carbonyl (C=O) groups is 2. The molecule has 6 nitrogen and oxygen atoms in total. The number of amides is 2. The molecule has 0 saturated carbocycles. The van der Waals surface area contributed by atoms with Crippen molar-refractivity contribution in [2.45, 2.75) is 0 Å². The molecule has 88 valence electrons. The molecule has 2 amide bonds. The normalized spacial score (nSPS) is 8.38. The lowest BCUT2D eigenvalue weighted by Crippen LogP contribution is -2.25. The van der Waals surface area contributed by atoms with E-state index in [1.54, 1.807) is 26.2 Å². The number of primary amides is 1. The average Bonchev–Trinajstić information content (AvgIpc) is 2.18. The molecule has 0 saturated heterocycles. The van der Waals surface area contributed by atoms with Crippen molar-refractivity contribution in [1.82, 2.24) is 4.90 Å². The number of para-hydroxylation sites is 1.